The summed E-state index contributed by atoms with van der Waals surface area (Å²) >= 11 is 0. The fourth-order valence-corrected chi connectivity index (χ4v) is 3.84. The summed E-state index contributed by atoms with van der Waals surface area (Å²) in [5.74, 6) is 0.685. The molecule has 0 bridgehead atoms. The molecule has 168 valence electrons. The average Bonchev–Trinajstić information content (AvgIpc) is 2.77. The third-order valence-corrected chi connectivity index (χ3v) is 5.77. The number of carbonyl (C=O) groups excluding carboxylic acids is 1. The highest BCUT2D eigenvalue weighted by molar-refractivity contribution is 7.89. The second kappa shape index (κ2) is 11.0. The molecule has 0 aliphatic carbocycles. The van der Waals surface area contributed by atoms with E-state index in [1.807, 2.05) is 0 Å². The lowest BCUT2D eigenvalue weighted by atomic mass is 10.3. The van der Waals surface area contributed by atoms with E-state index in [0.717, 1.165) is 0 Å². The first-order valence-corrected chi connectivity index (χ1v) is 11.4. The van der Waals surface area contributed by atoms with E-state index in [0.29, 0.717) is 49.9 Å². The molecule has 1 heterocycles. The predicted octanol–water partition coefficient (Wildman–Crippen LogP) is 2.67. The zero-order valence-corrected chi connectivity index (χ0v) is 17.7. The topological polar surface area (TPSA) is 100 Å². The molecule has 1 aliphatic heterocycles. The third-order valence-electron chi connectivity index (χ3n) is 4.31. The summed E-state index contributed by atoms with van der Waals surface area (Å²) in [4.78, 5) is 11.8. The van der Waals surface area contributed by atoms with Gasteiger partial charge in [0, 0.05) is 25.5 Å². The van der Waals surface area contributed by atoms with Crippen molar-refractivity contribution in [1.29, 1.82) is 0 Å². The Labute approximate surface area is 180 Å². The Balaban J connectivity index is 1.30. The number of hydrogen-bond donors (Lipinski definition) is 1. The van der Waals surface area contributed by atoms with Crippen molar-refractivity contribution in [2.45, 2.75) is 24.2 Å². The second-order valence-corrected chi connectivity index (χ2v) is 8.45. The molecule has 2 aromatic rings. The Morgan fingerprint density at radius 2 is 1.74 bits per heavy atom. The summed E-state index contributed by atoms with van der Waals surface area (Å²) in [6, 6.07) is 10.1. The molecule has 10 heteroatoms. The minimum atomic E-state index is -3.72. The fourth-order valence-electron chi connectivity index (χ4n) is 2.75. The molecule has 0 spiro atoms. The van der Waals surface area contributed by atoms with E-state index in [1.165, 1.54) is 36.4 Å². The number of esters is 1. The van der Waals surface area contributed by atoms with Gasteiger partial charge in [-0.25, -0.2) is 17.5 Å². The monoisotopic (exact) mass is 453 g/mol. The predicted molar refractivity (Wildman–Crippen MR) is 109 cm³/mol. The van der Waals surface area contributed by atoms with Crippen molar-refractivity contribution in [1.82, 2.24) is 4.72 Å². The molecule has 2 aromatic carbocycles. The van der Waals surface area contributed by atoms with Crippen LogP contribution in [0.15, 0.2) is 47.4 Å². The van der Waals surface area contributed by atoms with Crippen LogP contribution in [-0.4, -0.2) is 47.4 Å². The van der Waals surface area contributed by atoms with Gasteiger partial charge in [0.2, 0.25) is 10.0 Å². The standard InChI is InChI=1S/C21H24FNO7S/c22-16-4-6-17(7-5-16)27-11-2-12-30-21(24)3-1-10-23-31(25,26)18-8-9-19-20(15-18)29-14-13-28-19/h4-9,15,23H,1-3,10-14H2. The summed E-state index contributed by atoms with van der Waals surface area (Å²) < 4.78 is 61.3. The summed E-state index contributed by atoms with van der Waals surface area (Å²) in [5, 5.41) is 0. The Kier molecular flexibility index (Phi) is 8.07. The van der Waals surface area contributed by atoms with Crippen LogP contribution >= 0.6 is 0 Å². The smallest absolute Gasteiger partial charge is 0.305 e. The van der Waals surface area contributed by atoms with Gasteiger partial charge in [0.25, 0.3) is 0 Å². The second-order valence-electron chi connectivity index (χ2n) is 6.68. The summed E-state index contributed by atoms with van der Waals surface area (Å²) in [6.45, 7) is 1.40. The van der Waals surface area contributed by atoms with Crippen LogP contribution in [0.3, 0.4) is 0 Å². The van der Waals surface area contributed by atoms with Crippen LogP contribution in [0.25, 0.3) is 0 Å². The highest BCUT2D eigenvalue weighted by Crippen LogP contribution is 2.32. The molecular weight excluding hydrogens is 429 g/mol. The zero-order valence-electron chi connectivity index (χ0n) is 16.8. The molecule has 0 amide bonds. The molecule has 0 saturated carbocycles. The molecule has 0 unspecified atom stereocenters. The molecule has 8 nitrogen and oxygen atoms in total. The summed E-state index contributed by atoms with van der Waals surface area (Å²) in [5.41, 5.74) is 0. The summed E-state index contributed by atoms with van der Waals surface area (Å²) in [7, 11) is -3.72. The van der Waals surface area contributed by atoms with E-state index in [1.54, 1.807) is 6.07 Å². The lowest BCUT2D eigenvalue weighted by Gasteiger charge is -2.18. The quantitative estimate of drug-likeness (QED) is 0.412. The lowest BCUT2D eigenvalue weighted by molar-refractivity contribution is -0.143. The largest absolute Gasteiger partial charge is 0.493 e. The van der Waals surface area contributed by atoms with Gasteiger partial charge < -0.3 is 18.9 Å². The number of benzene rings is 2. The van der Waals surface area contributed by atoms with Crippen LogP contribution in [0.2, 0.25) is 0 Å². The number of sulfonamides is 1. The Morgan fingerprint density at radius 1 is 1.00 bits per heavy atom. The van der Waals surface area contributed by atoms with Gasteiger partial charge >= 0.3 is 5.97 Å². The van der Waals surface area contributed by atoms with Gasteiger partial charge in [-0.15, -0.1) is 0 Å². The maximum Gasteiger partial charge on any atom is 0.305 e. The van der Waals surface area contributed by atoms with Crippen molar-refractivity contribution < 1.29 is 36.6 Å². The SMILES string of the molecule is O=C(CCCNS(=O)(=O)c1ccc2c(c1)OCCO2)OCCCOc1ccc(F)cc1. The van der Waals surface area contributed by atoms with E-state index in [9.17, 15) is 17.6 Å². The first kappa shape index (κ1) is 22.8. The molecule has 0 saturated heterocycles. The van der Waals surface area contributed by atoms with Crippen LogP contribution < -0.4 is 18.9 Å². The van der Waals surface area contributed by atoms with Gasteiger partial charge in [-0.05, 0) is 42.8 Å². The van der Waals surface area contributed by atoms with Crippen LogP contribution in [0.1, 0.15) is 19.3 Å². The van der Waals surface area contributed by atoms with Gasteiger partial charge in [0.15, 0.2) is 11.5 Å². The molecule has 0 radical (unpaired) electrons. The normalized spacial score (nSPS) is 12.9. The van der Waals surface area contributed by atoms with Crippen LogP contribution in [0.4, 0.5) is 4.39 Å². The van der Waals surface area contributed by atoms with Crippen molar-refractivity contribution in [2.24, 2.45) is 0 Å². The highest BCUT2D eigenvalue weighted by Gasteiger charge is 2.19. The van der Waals surface area contributed by atoms with E-state index in [2.05, 4.69) is 4.72 Å². The van der Waals surface area contributed by atoms with Gasteiger partial charge in [-0.3, -0.25) is 4.79 Å². The lowest BCUT2D eigenvalue weighted by Crippen LogP contribution is -2.26. The van der Waals surface area contributed by atoms with Gasteiger partial charge in [0.1, 0.15) is 24.8 Å². The number of hydrogen-bond acceptors (Lipinski definition) is 7. The van der Waals surface area contributed by atoms with Gasteiger partial charge in [-0.1, -0.05) is 0 Å². The minimum absolute atomic E-state index is 0.0699. The number of rotatable bonds is 11. The van der Waals surface area contributed by atoms with Crippen molar-refractivity contribution in [3.8, 4) is 17.2 Å². The van der Waals surface area contributed by atoms with Gasteiger partial charge in [-0.2, -0.15) is 0 Å². The molecule has 31 heavy (non-hydrogen) atoms. The number of nitrogens with one attached hydrogen (secondary N) is 1. The molecule has 0 atom stereocenters. The Morgan fingerprint density at radius 3 is 2.52 bits per heavy atom. The average molecular weight is 453 g/mol. The molecule has 0 aromatic heterocycles. The Hall–Kier alpha value is -2.85. The minimum Gasteiger partial charge on any atom is -0.493 e. The van der Waals surface area contributed by atoms with E-state index in [4.69, 9.17) is 18.9 Å². The third kappa shape index (κ3) is 7.11. The summed E-state index contributed by atoms with van der Waals surface area (Å²) in [6.07, 6.45) is 0.872. The van der Waals surface area contributed by atoms with E-state index in [-0.39, 0.29) is 30.3 Å². The maximum absolute atomic E-state index is 12.8. The van der Waals surface area contributed by atoms with E-state index >= 15 is 0 Å². The first-order chi connectivity index (χ1) is 14.9. The van der Waals surface area contributed by atoms with Crippen molar-refractivity contribution in [3.05, 3.63) is 48.3 Å². The van der Waals surface area contributed by atoms with Crippen LogP contribution in [0.5, 0.6) is 17.2 Å². The molecular formula is C21H24FNO7S. The molecule has 1 aliphatic rings. The maximum atomic E-state index is 12.8. The van der Waals surface area contributed by atoms with Crippen molar-refractivity contribution in [2.75, 3.05) is 33.0 Å². The highest BCUT2D eigenvalue weighted by atomic mass is 32.2. The number of halogens is 1. The molecule has 1 N–H and O–H groups in total. The van der Waals surface area contributed by atoms with Gasteiger partial charge in [0.05, 0.1) is 18.1 Å². The molecule has 3 rings (SSSR count). The van der Waals surface area contributed by atoms with Crippen molar-refractivity contribution >= 4 is 16.0 Å². The zero-order chi connectivity index (χ0) is 22.1. The van der Waals surface area contributed by atoms with Crippen molar-refractivity contribution in [3.63, 3.8) is 0 Å². The molecule has 0 fully saturated rings. The first-order valence-electron chi connectivity index (χ1n) is 9.87. The van der Waals surface area contributed by atoms with Crippen LogP contribution in [0, 0.1) is 5.82 Å². The Bertz CT molecular complexity index is 980. The number of carbonyl (C=O) groups is 1. The number of ether oxygens (including phenoxy) is 4. The van der Waals surface area contributed by atoms with E-state index < -0.39 is 16.0 Å². The fraction of sp³-hybridized carbons (Fsp3) is 0.381. The number of fused-ring (bicyclic) bond motifs is 1. The van der Waals surface area contributed by atoms with Crippen LogP contribution in [-0.2, 0) is 19.6 Å².